The van der Waals surface area contributed by atoms with Crippen LogP contribution in [-0.4, -0.2) is 22.4 Å². The van der Waals surface area contributed by atoms with Gasteiger partial charge in [-0.1, -0.05) is 52.0 Å². The fraction of sp³-hybridized carbons (Fsp3) is 0.0588. The SMILES string of the molecule is COc1cc(/C=C2/SC(=S)N(c3ccccc3F)C2=O)c(Br)cc1O. The molecule has 0 spiro atoms. The molecule has 1 amide bonds. The molecule has 2 aromatic carbocycles. The van der Waals surface area contributed by atoms with Crippen LogP contribution >= 0.6 is 39.9 Å². The summed E-state index contributed by atoms with van der Waals surface area (Å²) in [5.74, 6) is -0.670. The van der Waals surface area contributed by atoms with Gasteiger partial charge in [0.05, 0.1) is 17.7 Å². The second-order valence-electron chi connectivity index (χ2n) is 5.01. The van der Waals surface area contributed by atoms with E-state index in [0.717, 1.165) is 11.8 Å². The van der Waals surface area contributed by atoms with Crippen molar-refractivity contribution in [1.82, 2.24) is 0 Å². The summed E-state index contributed by atoms with van der Waals surface area (Å²) in [6.07, 6.45) is 1.62. The van der Waals surface area contributed by atoms with Crippen LogP contribution in [0.5, 0.6) is 11.5 Å². The minimum atomic E-state index is -0.521. The number of halogens is 2. The Balaban J connectivity index is 2.00. The highest BCUT2D eigenvalue weighted by atomic mass is 79.9. The molecule has 1 saturated heterocycles. The number of thioether (sulfide) groups is 1. The zero-order valence-electron chi connectivity index (χ0n) is 12.8. The van der Waals surface area contributed by atoms with E-state index in [0.29, 0.717) is 14.9 Å². The van der Waals surface area contributed by atoms with Crippen LogP contribution in [0.2, 0.25) is 0 Å². The van der Waals surface area contributed by atoms with Gasteiger partial charge in [-0.15, -0.1) is 0 Å². The molecule has 0 aromatic heterocycles. The number of phenolic OH excluding ortho intramolecular Hbond substituents is 1. The van der Waals surface area contributed by atoms with Crippen molar-refractivity contribution in [1.29, 1.82) is 0 Å². The van der Waals surface area contributed by atoms with E-state index >= 15 is 0 Å². The summed E-state index contributed by atoms with van der Waals surface area (Å²) in [6, 6.07) is 9.03. The van der Waals surface area contributed by atoms with Gasteiger partial charge in [-0.2, -0.15) is 0 Å². The predicted molar refractivity (Wildman–Crippen MR) is 104 cm³/mol. The molecule has 3 rings (SSSR count). The lowest BCUT2D eigenvalue weighted by Gasteiger charge is -2.14. The molecule has 0 aliphatic carbocycles. The molecule has 1 aliphatic heterocycles. The second kappa shape index (κ2) is 7.15. The lowest BCUT2D eigenvalue weighted by Crippen LogP contribution is -2.28. The average Bonchev–Trinajstić information content (AvgIpc) is 2.84. The van der Waals surface area contributed by atoms with Crippen molar-refractivity contribution in [2.24, 2.45) is 0 Å². The average molecular weight is 440 g/mol. The first-order chi connectivity index (χ1) is 11.9. The van der Waals surface area contributed by atoms with E-state index in [1.54, 1.807) is 24.3 Å². The highest BCUT2D eigenvalue weighted by Gasteiger charge is 2.34. The van der Waals surface area contributed by atoms with Crippen LogP contribution in [0, 0.1) is 5.82 Å². The summed E-state index contributed by atoms with van der Waals surface area (Å²) < 4.78 is 19.9. The van der Waals surface area contributed by atoms with Crippen molar-refractivity contribution in [3.05, 3.63) is 57.2 Å². The smallest absolute Gasteiger partial charge is 0.270 e. The topological polar surface area (TPSA) is 49.8 Å². The summed E-state index contributed by atoms with van der Waals surface area (Å²) in [5, 5.41) is 9.77. The van der Waals surface area contributed by atoms with Gasteiger partial charge >= 0.3 is 0 Å². The monoisotopic (exact) mass is 439 g/mol. The first kappa shape index (κ1) is 17.9. The second-order valence-corrected chi connectivity index (χ2v) is 7.54. The number of methoxy groups -OCH3 is 1. The van der Waals surface area contributed by atoms with Crippen LogP contribution in [0.15, 0.2) is 45.8 Å². The van der Waals surface area contributed by atoms with Gasteiger partial charge in [-0.25, -0.2) is 4.39 Å². The highest BCUT2D eigenvalue weighted by molar-refractivity contribution is 9.10. The molecule has 0 unspecified atom stereocenters. The number of phenols is 1. The third kappa shape index (κ3) is 3.42. The molecule has 128 valence electrons. The number of carbonyl (C=O) groups excluding carboxylic acids is 1. The summed E-state index contributed by atoms with van der Waals surface area (Å²) in [4.78, 5) is 14.2. The molecule has 8 heteroatoms. The Morgan fingerprint density at radius 2 is 2.08 bits per heavy atom. The molecule has 0 atom stereocenters. The Morgan fingerprint density at radius 3 is 2.76 bits per heavy atom. The number of hydrogen-bond donors (Lipinski definition) is 1. The quantitative estimate of drug-likeness (QED) is 0.554. The molecule has 4 nitrogen and oxygen atoms in total. The minimum absolute atomic E-state index is 0.0227. The molecule has 2 aromatic rings. The van der Waals surface area contributed by atoms with E-state index in [-0.39, 0.29) is 21.5 Å². The van der Waals surface area contributed by atoms with E-state index in [1.165, 1.54) is 30.2 Å². The number of anilines is 1. The van der Waals surface area contributed by atoms with Gasteiger partial charge in [0.15, 0.2) is 15.8 Å². The van der Waals surface area contributed by atoms with Crippen molar-refractivity contribution in [3.63, 3.8) is 0 Å². The summed E-state index contributed by atoms with van der Waals surface area (Å²) in [7, 11) is 1.43. The summed E-state index contributed by atoms with van der Waals surface area (Å²) in [5.41, 5.74) is 0.749. The van der Waals surface area contributed by atoms with Crippen LogP contribution in [0.1, 0.15) is 5.56 Å². The van der Waals surface area contributed by atoms with Crippen molar-refractivity contribution >= 4 is 61.9 Å². The van der Waals surface area contributed by atoms with Crippen molar-refractivity contribution in [2.45, 2.75) is 0 Å². The van der Waals surface area contributed by atoms with Gasteiger partial charge in [-0.05, 0) is 35.9 Å². The number of benzene rings is 2. The number of nitrogens with zero attached hydrogens (tertiary/aromatic N) is 1. The Morgan fingerprint density at radius 1 is 1.36 bits per heavy atom. The number of ether oxygens (including phenoxy) is 1. The van der Waals surface area contributed by atoms with E-state index in [9.17, 15) is 14.3 Å². The summed E-state index contributed by atoms with van der Waals surface area (Å²) in [6.45, 7) is 0. The number of thiocarbonyl (C=S) groups is 1. The van der Waals surface area contributed by atoms with Gasteiger partial charge in [0.2, 0.25) is 0 Å². The van der Waals surface area contributed by atoms with Crippen molar-refractivity contribution in [3.8, 4) is 11.5 Å². The lowest BCUT2D eigenvalue weighted by molar-refractivity contribution is -0.113. The fourth-order valence-electron chi connectivity index (χ4n) is 2.28. The highest BCUT2D eigenvalue weighted by Crippen LogP contribution is 2.39. The van der Waals surface area contributed by atoms with Gasteiger partial charge in [0.25, 0.3) is 5.91 Å². The number of para-hydroxylation sites is 1. The predicted octanol–water partition coefficient (Wildman–Crippen LogP) is 4.71. The summed E-state index contributed by atoms with van der Waals surface area (Å²) >= 11 is 9.66. The normalized spacial score (nSPS) is 16.0. The number of carbonyl (C=O) groups is 1. The van der Waals surface area contributed by atoms with E-state index < -0.39 is 11.7 Å². The molecule has 1 heterocycles. The maximum absolute atomic E-state index is 14.0. The molecule has 0 saturated carbocycles. The van der Waals surface area contributed by atoms with E-state index in [2.05, 4.69) is 15.9 Å². The van der Waals surface area contributed by atoms with Crippen LogP contribution in [0.25, 0.3) is 6.08 Å². The first-order valence-corrected chi connectivity index (χ1v) is 9.03. The van der Waals surface area contributed by atoms with Gasteiger partial charge < -0.3 is 9.84 Å². The lowest BCUT2D eigenvalue weighted by atomic mass is 10.2. The molecule has 1 aliphatic rings. The van der Waals surface area contributed by atoms with E-state index in [4.69, 9.17) is 17.0 Å². The largest absolute Gasteiger partial charge is 0.504 e. The number of aromatic hydroxyl groups is 1. The van der Waals surface area contributed by atoms with Crippen LogP contribution < -0.4 is 9.64 Å². The minimum Gasteiger partial charge on any atom is -0.504 e. The van der Waals surface area contributed by atoms with Crippen molar-refractivity contribution < 1.29 is 19.0 Å². The standard InChI is InChI=1S/C17H11BrFNO3S2/c1-23-14-6-9(10(18)8-13(14)21)7-15-16(22)20(17(24)25-15)12-5-3-2-4-11(12)19/h2-8,21H,1H3/b15-7+. The Labute approximate surface area is 161 Å². The third-order valence-electron chi connectivity index (χ3n) is 3.47. The first-order valence-electron chi connectivity index (χ1n) is 7.01. The molecular formula is C17H11BrFNO3S2. The Kier molecular flexibility index (Phi) is 5.12. The molecular weight excluding hydrogens is 429 g/mol. The van der Waals surface area contributed by atoms with Crippen LogP contribution in [0.3, 0.4) is 0 Å². The Bertz CT molecular complexity index is 917. The van der Waals surface area contributed by atoms with Gasteiger partial charge in [0, 0.05) is 4.47 Å². The maximum Gasteiger partial charge on any atom is 0.270 e. The Hall–Kier alpha value is -1.90. The van der Waals surface area contributed by atoms with Crippen LogP contribution in [-0.2, 0) is 4.79 Å². The number of rotatable bonds is 3. The molecule has 1 fully saturated rings. The zero-order valence-corrected chi connectivity index (χ0v) is 16.0. The van der Waals surface area contributed by atoms with E-state index in [1.807, 2.05) is 0 Å². The van der Waals surface area contributed by atoms with Gasteiger partial charge in [0.1, 0.15) is 5.82 Å². The number of amides is 1. The maximum atomic E-state index is 14.0. The molecule has 0 bridgehead atoms. The molecule has 1 N–H and O–H groups in total. The number of hydrogen-bond acceptors (Lipinski definition) is 5. The van der Waals surface area contributed by atoms with Crippen molar-refractivity contribution in [2.75, 3.05) is 12.0 Å². The fourth-order valence-corrected chi connectivity index (χ4v) is 4.00. The zero-order chi connectivity index (χ0) is 18.1. The van der Waals surface area contributed by atoms with Crippen LogP contribution in [0.4, 0.5) is 10.1 Å². The van der Waals surface area contributed by atoms with Gasteiger partial charge in [-0.3, -0.25) is 9.69 Å². The molecule has 0 radical (unpaired) electrons. The third-order valence-corrected chi connectivity index (χ3v) is 5.46. The molecule has 25 heavy (non-hydrogen) atoms.